The minimum atomic E-state index is -1.46. The molecule has 3 nitrogen and oxygen atoms in total. The second-order valence-corrected chi connectivity index (χ2v) is 4.92. The van der Waals surface area contributed by atoms with E-state index in [9.17, 15) is 13.6 Å². The molecule has 1 aliphatic rings. The van der Waals surface area contributed by atoms with Crippen LogP contribution in [0.4, 0.5) is 14.5 Å². The lowest BCUT2D eigenvalue weighted by molar-refractivity contribution is 0.0690. The van der Waals surface area contributed by atoms with Gasteiger partial charge in [-0.3, -0.25) is 0 Å². The van der Waals surface area contributed by atoms with Crippen LogP contribution in [0.25, 0.3) is 0 Å². The van der Waals surface area contributed by atoms with Crippen molar-refractivity contribution in [3.05, 3.63) is 29.3 Å². The normalized spacial score (nSPS) is 21.8. The first-order chi connectivity index (χ1) is 8.41. The van der Waals surface area contributed by atoms with Gasteiger partial charge in [0.1, 0.15) is 0 Å². The molecule has 0 aromatic heterocycles. The molecule has 1 aromatic rings. The van der Waals surface area contributed by atoms with Crippen molar-refractivity contribution in [2.45, 2.75) is 13.3 Å². The van der Waals surface area contributed by atoms with Gasteiger partial charge in [-0.15, -0.1) is 0 Å². The van der Waals surface area contributed by atoms with Gasteiger partial charge < -0.3 is 10.0 Å². The van der Waals surface area contributed by atoms with Crippen LogP contribution < -0.4 is 4.90 Å². The monoisotopic (exact) mass is 255 g/mol. The molecule has 98 valence electrons. The van der Waals surface area contributed by atoms with E-state index in [4.69, 9.17) is 5.11 Å². The van der Waals surface area contributed by atoms with Gasteiger partial charge in [-0.05, 0) is 30.4 Å². The number of rotatable bonds is 4. The van der Waals surface area contributed by atoms with Crippen LogP contribution in [0.2, 0.25) is 0 Å². The quantitative estimate of drug-likeness (QED) is 0.899. The Morgan fingerprint density at radius 2 is 2.06 bits per heavy atom. The molecule has 0 heterocycles. The number of benzene rings is 1. The highest BCUT2D eigenvalue weighted by atomic mass is 19.2. The summed E-state index contributed by atoms with van der Waals surface area (Å²) in [4.78, 5) is 12.3. The Hall–Kier alpha value is -1.65. The molecule has 5 heteroatoms. The smallest absolute Gasteiger partial charge is 0.338 e. The van der Waals surface area contributed by atoms with E-state index in [0.717, 1.165) is 12.5 Å². The fraction of sp³-hybridized carbons (Fsp3) is 0.462. The van der Waals surface area contributed by atoms with E-state index in [-0.39, 0.29) is 5.69 Å². The molecule has 0 saturated heterocycles. The molecule has 0 amide bonds. The van der Waals surface area contributed by atoms with E-state index in [1.54, 1.807) is 11.9 Å². The molecule has 1 aliphatic carbocycles. The van der Waals surface area contributed by atoms with E-state index in [2.05, 4.69) is 6.92 Å². The van der Waals surface area contributed by atoms with Crippen molar-refractivity contribution >= 4 is 11.7 Å². The molecule has 0 spiro atoms. The van der Waals surface area contributed by atoms with Crippen molar-refractivity contribution in [3.63, 3.8) is 0 Å². The Balaban J connectivity index is 2.23. The van der Waals surface area contributed by atoms with E-state index in [1.165, 1.54) is 6.07 Å². The Kier molecular flexibility index (Phi) is 3.24. The van der Waals surface area contributed by atoms with E-state index < -0.39 is 23.2 Å². The van der Waals surface area contributed by atoms with Crippen molar-refractivity contribution in [3.8, 4) is 0 Å². The van der Waals surface area contributed by atoms with Gasteiger partial charge in [-0.1, -0.05) is 6.92 Å². The zero-order valence-corrected chi connectivity index (χ0v) is 10.3. The van der Waals surface area contributed by atoms with Crippen LogP contribution in [0, 0.1) is 23.5 Å². The average Bonchev–Trinajstić information content (AvgIpc) is 2.97. The first kappa shape index (κ1) is 12.8. The number of halogens is 2. The van der Waals surface area contributed by atoms with Gasteiger partial charge in [0.05, 0.1) is 11.3 Å². The summed E-state index contributed by atoms with van der Waals surface area (Å²) in [7, 11) is 1.68. The molecule has 0 aliphatic heterocycles. The summed E-state index contributed by atoms with van der Waals surface area (Å²) in [6, 6.07) is 2.41. The zero-order valence-electron chi connectivity index (χ0n) is 10.3. The molecular weight excluding hydrogens is 240 g/mol. The summed E-state index contributed by atoms with van der Waals surface area (Å²) in [6.45, 7) is 2.77. The minimum absolute atomic E-state index is 0.108. The molecule has 1 fully saturated rings. The molecule has 2 atom stereocenters. The largest absolute Gasteiger partial charge is 0.478 e. The maximum absolute atomic E-state index is 13.8. The highest BCUT2D eigenvalue weighted by Crippen LogP contribution is 2.39. The Bertz CT molecular complexity index is 490. The number of aromatic carboxylic acids is 1. The first-order valence-corrected chi connectivity index (χ1v) is 5.84. The number of anilines is 1. The van der Waals surface area contributed by atoms with Gasteiger partial charge in [0, 0.05) is 13.6 Å². The minimum Gasteiger partial charge on any atom is -0.478 e. The third-order valence-corrected chi connectivity index (χ3v) is 3.49. The number of carbonyl (C=O) groups is 1. The van der Waals surface area contributed by atoms with Gasteiger partial charge in [0.25, 0.3) is 0 Å². The molecule has 1 saturated carbocycles. The summed E-state index contributed by atoms with van der Waals surface area (Å²) >= 11 is 0. The van der Waals surface area contributed by atoms with Crippen LogP contribution in [0.5, 0.6) is 0 Å². The molecular formula is C13H15F2NO2. The van der Waals surface area contributed by atoms with Crippen LogP contribution in [0.1, 0.15) is 23.7 Å². The Morgan fingerprint density at radius 1 is 1.44 bits per heavy atom. The summed E-state index contributed by atoms with van der Waals surface area (Å²) < 4.78 is 27.3. The zero-order chi connectivity index (χ0) is 13.4. The second-order valence-electron chi connectivity index (χ2n) is 4.92. The summed E-state index contributed by atoms with van der Waals surface area (Å²) in [5.41, 5.74) is -0.527. The standard InChI is InChI=1S/C13H15F2NO2/c1-7-5-8(7)6-16(2)10-4-3-9(13(17)18)11(14)12(10)15/h3-4,7-8H,5-6H2,1-2H3,(H,17,18). The molecule has 0 radical (unpaired) electrons. The molecule has 1 N–H and O–H groups in total. The highest BCUT2D eigenvalue weighted by Gasteiger charge is 2.34. The highest BCUT2D eigenvalue weighted by molar-refractivity contribution is 5.88. The summed E-state index contributed by atoms with van der Waals surface area (Å²) in [5.74, 6) is -2.71. The molecule has 0 bridgehead atoms. The maximum Gasteiger partial charge on any atom is 0.338 e. The summed E-state index contributed by atoms with van der Waals surface area (Å²) in [5, 5.41) is 8.69. The predicted molar refractivity (Wildman–Crippen MR) is 63.9 cm³/mol. The lowest BCUT2D eigenvalue weighted by atomic mass is 10.1. The van der Waals surface area contributed by atoms with Crippen molar-refractivity contribution in [2.24, 2.45) is 11.8 Å². The number of hydrogen-bond donors (Lipinski definition) is 1. The van der Waals surface area contributed by atoms with Crippen molar-refractivity contribution in [2.75, 3.05) is 18.5 Å². The van der Waals surface area contributed by atoms with Crippen LogP contribution >= 0.6 is 0 Å². The fourth-order valence-corrected chi connectivity index (χ4v) is 2.10. The fourth-order valence-electron chi connectivity index (χ4n) is 2.10. The lowest BCUT2D eigenvalue weighted by Gasteiger charge is -2.20. The van der Waals surface area contributed by atoms with E-state index >= 15 is 0 Å². The van der Waals surface area contributed by atoms with Gasteiger partial charge in [-0.2, -0.15) is 0 Å². The predicted octanol–water partition coefficient (Wildman–Crippen LogP) is 2.76. The maximum atomic E-state index is 13.8. The van der Waals surface area contributed by atoms with Crippen molar-refractivity contribution < 1.29 is 18.7 Å². The SMILES string of the molecule is CC1CC1CN(C)c1ccc(C(=O)O)c(F)c1F. The molecule has 2 unspecified atom stereocenters. The number of carboxylic acid groups (broad SMARTS) is 1. The molecule has 2 rings (SSSR count). The van der Waals surface area contributed by atoms with E-state index in [1.807, 2.05) is 0 Å². The third-order valence-electron chi connectivity index (χ3n) is 3.49. The van der Waals surface area contributed by atoms with E-state index in [0.29, 0.717) is 18.4 Å². The van der Waals surface area contributed by atoms with Crippen molar-refractivity contribution in [1.82, 2.24) is 0 Å². The third kappa shape index (κ3) is 2.30. The number of nitrogens with zero attached hydrogens (tertiary/aromatic N) is 1. The van der Waals surface area contributed by atoms with Crippen molar-refractivity contribution in [1.29, 1.82) is 0 Å². The van der Waals surface area contributed by atoms with Gasteiger partial charge in [0.15, 0.2) is 11.6 Å². The topological polar surface area (TPSA) is 40.5 Å². The second kappa shape index (κ2) is 4.55. The lowest BCUT2D eigenvalue weighted by Crippen LogP contribution is -2.22. The van der Waals surface area contributed by atoms with Gasteiger partial charge in [0.2, 0.25) is 0 Å². The number of carboxylic acids is 1. The van der Waals surface area contributed by atoms with Gasteiger partial charge >= 0.3 is 5.97 Å². The van der Waals surface area contributed by atoms with Crippen LogP contribution in [0.15, 0.2) is 12.1 Å². The molecule has 18 heavy (non-hydrogen) atoms. The summed E-state index contributed by atoms with van der Waals surface area (Å²) in [6.07, 6.45) is 1.10. The molecule has 1 aromatic carbocycles. The Labute approximate surface area is 104 Å². The average molecular weight is 255 g/mol. The van der Waals surface area contributed by atoms with Crippen LogP contribution in [-0.2, 0) is 0 Å². The van der Waals surface area contributed by atoms with Gasteiger partial charge in [-0.25, -0.2) is 13.6 Å². The number of hydrogen-bond acceptors (Lipinski definition) is 2. The Morgan fingerprint density at radius 3 is 2.56 bits per heavy atom. The first-order valence-electron chi connectivity index (χ1n) is 5.84. The van der Waals surface area contributed by atoms with Crippen LogP contribution in [-0.4, -0.2) is 24.7 Å². The van der Waals surface area contributed by atoms with Crippen LogP contribution in [0.3, 0.4) is 0 Å².